The third-order valence-electron chi connectivity index (χ3n) is 6.20. The Bertz CT molecular complexity index is 1480. The molecule has 0 saturated heterocycles. The van der Waals surface area contributed by atoms with Crippen LogP contribution in [0.1, 0.15) is 22.3 Å². The van der Waals surface area contributed by atoms with Gasteiger partial charge in [0.2, 0.25) is 0 Å². The number of urea groups is 1. The number of carbonyl (C=O) groups is 1. The monoisotopic (exact) mass is 448 g/mol. The van der Waals surface area contributed by atoms with Crippen molar-refractivity contribution < 1.29 is 4.79 Å². The topological polar surface area (TPSA) is 103 Å². The molecule has 4 aromatic rings. The average molecular weight is 448 g/mol. The minimum atomic E-state index is -0.246. The predicted molar refractivity (Wildman–Crippen MR) is 130 cm³/mol. The van der Waals surface area contributed by atoms with Gasteiger partial charge < -0.3 is 10.2 Å². The van der Waals surface area contributed by atoms with E-state index in [9.17, 15) is 9.59 Å². The first-order chi connectivity index (χ1) is 16.6. The van der Waals surface area contributed by atoms with Gasteiger partial charge in [0.25, 0.3) is 5.56 Å². The zero-order valence-electron chi connectivity index (χ0n) is 18.2. The Balaban J connectivity index is 1.20. The number of aromatic amines is 1. The summed E-state index contributed by atoms with van der Waals surface area (Å²) in [5.74, 6) is 0. The van der Waals surface area contributed by atoms with Crippen LogP contribution in [0, 0.1) is 0 Å². The molecule has 2 aliphatic rings. The van der Waals surface area contributed by atoms with Gasteiger partial charge in [-0.2, -0.15) is 5.10 Å². The van der Waals surface area contributed by atoms with Crippen molar-refractivity contribution in [3.8, 4) is 22.4 Å². The number of H-pyrrole nitrogens is 1. The molecule has 2 aliphatic heterocycles. The van der Waals surface area contributed by atoms with Gasteiger partial charge in [-0.1, -0.05) is 24.3 Å². The highest BCUT2D eigenvalue weighted by Gasteiger charge is 2.23. The summed E-state index contributed by atoms with van der Waals surface area (Å²) in [6.45, 7) is 1.80. The molecule has 0 spiro atoms. The number of aromatic nitrogens is 3. The van der Waals surface area contributed by atoms with Crippen molar-refractivity contribution >= 4 is 17.9 Å². The standard InChI is InChI=1S/C26H20N6O2/c33-25-23(17-1-2-18-11-28-12-20(18)9-17)10-24(30-31-25)16-3-5-22(6-4-16)29-26(34)32-14-19-7-8-27-13-21(19)15-32/h1-10,12-13H,11,14-15H2,(H,29,34)(H,31,33). The minimum absolute atomic E-state index is 0.159. The fourth-order valence-electron chi connectivity index (χ4n) is 4.33. The van der Waals surface area contributed by atoms with Gasteiger partial charge in [-0.05, 0) is 58.1 Å². The van der Waals surface area contributed by atoms with Crippen molar-refractivity contribution in [3.63, 3.8) is 0 Å². The first-order valence-electron chi connectivity index (χ1n) is 10.9. The summed E-state index contributed by atoms with van der Waals surface area (Å²) in [7, 11) is 0. The van der Waals surface area contributed by atoms with Gasteiger partial charge in [0.1, 0.15) is 0 Å². The fourth-order valence-corrected chi connectivity index (χ4v) is 4.33. The second-order valence-corrected chi connectivity index (χ2v) is 8.39. The van der Waals surface area contributed by atoms with Gasteiger partial charge in [0, 0.05) is 42.9 Å². The highest BCUT2D eigenvalue weighted by atomic mass is 16.2. The van der Waals surface area contributed by atoms with E-state index >= 15 is 0 Å². The lowest BCUT2D eigenvalue weighted by Crippen LogP contribution is -2.30. The lowest BCUT2D eigenvalue weighted by molar-refractivity contribution is 0.212. The number of nitrogens with one attached hydrogen (secondary N) is 2. The molecule has 8 heteroatoms. The summed E-state index contributed by atoms with van der Waals surface area (Å²) in [5.41, 5.74) is 7.67. The molecular weight excluding hydrogens is 428 g/mol. The summed E-state index contributed by atoms with van der Waals surface area (Å²) in [6, 6.07) is 16.9. The van der Waals surface area contributed by atoms with E-state index in [4.69, 9.17) is 0 Å². The zero-order valence-corrected chi connectivity index (χ0v) is 18.2. The van der Waals surface area contributed by atoms with Gasteiger partial charge in [-0.3, -0.25) is 14.8 Å². The Morgan fingerprint density at radius 2 is 1.76 bits per heavy atom. The average Bonchev–Trinajstić information content (AvgIpc) is 3.51. The van der Waals surface area contributed by atoms with Gasteiger partial charge in [-0.25, -0.2) is 9.89 Å². The van der Waals surface area contributed by atoms with Gasteiger partial charge in [-0.15, -0.1) is 0 Å². The number of fused-ring (bicyclic) bond motifs is 2. The molecule has 0 fully saturated rings. The molecule has 0 aliphatic carbocycles. The molecular formula is C26H20N6O2. The van der Waals surface area contributed by atoms with Crippen molar-refractivity contribution in [2.24, 2.45) is 4.99 Å². The number of pyridine rings is 1. The van der Waals surface area contributed by atoms with E-state index in [-0.39, 0.29) is 11.6 Å². The lowest BCUT2D eigenvalue weighted by Gasteiger charge is -2.16. The van der Waals surface area contributed by atoms with E-state index in [2.05, 4.69) is 25.5 Å². The number of carbonyl (C=O) groups excluding carboxylic acids is 1. The van der Waals surface area contributed by atoms with Crippen molar-refractivity contribution in [1.82, 2.24) is 20.1 Å². The molecule has 0 saturated carbocycles. The number of hydrogen-bond acceptors (Lipinski definition) is 5. The fraction of sp³-hybridized carbons (Fsp3) is 0.115. The van der Waals surface area contributed by atoms with Crippen LogP contribution in [-0.4, -0.2) is 32.3 Å². The molecule has 0 bridgehead atoms. The molecule has 2 aromatic carbocycles. The highest BCUT2D eigenvalue weighted by Crippen LogP contribution is 2.26. The van der Waals surface area contributed by atoms with Crippen molar-refractivity contribution in [2.45, 2.75) is 19.6 Å². The van der Waals surface area contributed by atoms with E-state index in [1.807, 2.05) is 54.7 Å². The van der Waals surface area contributed by atoms with Gasteiger partial charge >= 0.3 is 6.03 Å². The molecule has 34 heavy (non-hydrogen) atoms. The summed E-state index contributed by atoms with van der Waals surface area (Å²) >= 11 is 0. The zero-order chi connectivity index (χ0) is 23.1. The van der Waals surface area contributed by atoms with Crippen LogP contribution in [0.4, 0.5) is 10.5 Å². The molecule has 0 atom stereocenters. The van der Waals surface area contributed by atoms with E-state index in [0.717, 1.165) is 33.4 Å². The molecule has 6 rings (SSSR count). The third kappa shape index (κ3) is 3.65. The Morgan fingerprint density at radius 1 is 0.941 bits per heavy atom. The Labute approximate surface area is 195 Å². The predicted octanol–water partition coefficient (Wildman–Crippen LogP) is 3.98. The largest absolute Gasteiger partial charge is 0.322 e. The molecule has 2 aromatic heterocycles. The summed E-state index contributed by atoms with van der Waals surface area (Å²) in [5, 5.41) is 9.77. The molecule has 2 amide bonds. The molecule has 0 unspecified atom stereocenters. The minimum Gasteiger partial charge on any atom is -0.316 e. The molecule has 8 nitrogen and oxygen atoms in total. The SMILES string of the molecule is O=C(Nc1ccc(-c2cc(-c3ccc4c(c3)C=NC4)c(=O)[nH]n2)cc1)N1Cc2ccncc2C1. The maximum Gasteiger partial charge on any atom is 0.322 e. The molecule has 2 N–H and O–H groups in total. The maximum absolute atomic E-state index is 12.7. The van der Waals surface area contributed by atoms with Crippen LogP contribution in [-0.2, 0) is 19.6 Å². The van der Waals surface area contributed by atoms with Crippen LogP contribution < -0.4 is 10.9 Å². The second kappa shape index (κ2) is 8.08. The Hall–Kier alpha value is -4.59. The first kappa shape index (κ1) is 20.0. The number of aliphatic imine (C=N–C) groups is 1. The Morgan fingerprint density at radius 3 is 2.62 bits per heavy atom. The number of nitrogens with zero attached hydrogens (tertiary/aromatic N) is 4. The van der Waals surface area contributed by atoms with Crippen molar-refractivity contribution in [3.05, 3.63) is 99.6 Å². The van der Waals surface area contributed by atoms with E-state index < -0.39 is 0 Å². The van der Waals surface area contributed by atoms with Crippen LogP contribution in [0.3, 0.4) is 0 Å². The maximum atomic E-state index is 12.7. The van der Waals surface area contributed by atoms with Crippen LogP contribution in [0.15, 0.2) is 76.8 Å². The smallest absolute Gasteiger partial charge is 0.316 e. The number of benzene rings is 2. The van der Waals surface area contributed by atoms with E-state index in [1.54, 1.807) is 23.4 Å². The summed E-state index contributed by atoms with van der Waals surface area (Å²) < 4.78 is 0. The number of rotatable bonds is 3. The van der Waals surface area contributed by atoms with Crippen molar-refractivity contribution in [1.29, 1.82) is 0 Å². The quantitative estimate of drug-likeness (QED) is 0.495. The lowest BCUT2D eigenvalue weighted by atomic mass is 10.0. The highest BCUT2D eigenvalue weighted by molar-refractivity contribution is 5.90. The third-order valence-corrected chi connectivity index (χ3v) is 6.20. The Kier molecular flexibility index (Phi) is 4.76. The van der Waals surface area contributed by atoms with E-state index in [0.29, 0.717) is 36.6 Å². The van der Waals surface area contributed by atoms with Crippen molar-refractivity contribution in [2.75, 3.05) is 5.32 Å². The van der Waals surface area contributed by atoms with Gasteiger partial charge in [0.05, 0.1) is 17.8 Å². The van der Waals surface area contributed by atoms with E-state index in [1.165, 1.54) is 0 Å². The molecule has 0 radical (unpaired) electrons. The normalized spacial score (nSPS) is 13.6. The second-order valence-electron chi connectivity index (χ2n) is 8.39. The number of anilines is 1. The van der Waals surface area contributed by atoms with Crippen LogP contribution in [0.2, 0.25) is 0 Å². The van der Waals surface area contributed by atoms with Gasteiger partial charge in [0.15, 0.2) is 0 Å². The summed E-state index contributed by atoms with van der Waals surface area (Å²) in [4.78, 5) is 35.3. The molecule has 166 valence electrons. The van der Waals surface area contributed by atoms with Crippen LogP contribution >= 0.6 is 0 Å². The number of amides is 2. The summed E-state index contributed by atoms with van der Waals surface area (Å²) in [6.07, 6.45) is 5.38. The van der Waals surface area contributed by atoms with Crippen LogP contribution in [0.25, 0.3) is 22.4 Å². The first-order valence-corrected chi connectivity index (χ1v) is 10.9. The van der Waals surface area contributed by atoms with Crippen LogP contribution in [0.5, 0.6) is 0 Å². The molecule has 4 heterocycles. The number of hydrogen-bond donors (Lipinski definition) is 2.